The zero-order valence-electron chi connectivity index (χ0n) is 9.93. The van der Waals surface area contributed by atoms with Gasteiger partial charge in [-0.25, -0.2) is 0 Å². The van der Waals surface area contributed by atoms with Crippen LogP contribution in [0.2, 0.25) is 0 Å². The molecule has 4 nitrogen and oxygen atoms in total. The van der Waals surface area contributed by atoms with Crippen LogP contribution < -0.4 is 5.73 Å². The molecule has 0 aliphatic heterocycles. The fraction of sp³-hybridized carbons (Fsp3) is 0.900. The van der Waals surface area contributed by atoms with E-state index in [1.54, 1.807) is 18.9 Å². The molecule has 0 aromatic carbocycles. The molecule has 0 aliphatic carbocycles. The molecule has 92 valence electrons. The molecule has 2 atom stereocenters. The number of hydrogen-bond donors (Lipinski definition) is 2. The van der Waals surface area contributed by atoms with Gasteiger partial charge in [-0.2, -0.15) is 0 Å². The number of hydrogen-bond acceptors (Lipinski definition) is 3. The summed E-state index contributed by atoms with van der Waals surface area (Å²) in [4.78, 5) is 13.2. The Morgan fingerprint density at radius 3 is 2.20 bits per heavy atom. The second-order valence-electron chi connectivity index (χ2n) is 4.17. The molecule has 3 N–H and O–H groups in total. The molecule has 5 heteroatoms. The molecule has 0 aromatic heterocycles. The van der Waals surface area contributed by atoms with E-state index in [0.29, 0.717) is 13.0 Å². The van der Waals surface area contributed by atoms with Gasteiger partial charge in [0, 0.05) is 13.6 Å². The summed E-state index contributed by atoms with van der Waals surface area (Å²) < 4.78 is 0. The minimum atomic E-state index is -0.436. The summed E-state index contributed by atoms with van der Waals surface area (Å²) >= 11 is 0. The van der Waals surface area contributed by atoms with Gasteiger partial charge in [0.2, 0.25) is 5.91 Å². The predicted molar refractivity (Wildman–Crippen MR) is 64.0 cm³/mol. The lowest BCUT2D eigenvalue weighted by Crippen LogP contribution is -2.45. The van der Waals surface area contributed by atoms with E-state index in [0.717, 1.165) is 0 Å². The fourth-order valence-corrected chi connectivity index (χ4v) is 1.03. The van der Waals surface area contributed by atoms with Crippen molar-refractivity contribution in [2.45, 2.75) is 39.3 Å². The zero-order valence-corrected chi connectivity index (χ0v) is 10.8. The van der Waals surface area contributed by atoms with Gasteiger partial charge < -0.3 is 15.7 Å². The lowest BCUT2D eigenvalue weighted by Gasteiger charge is -2.23. The Bertz CT molecular complexity index is 186. The Kier molecular flexibility index (Phi) is 9.01. The van der Waals surface area contributed by atoms with Gasteiger partial charge in [0.15, 0.2) is 0 Å². The van der Waals surface area contributed by atoms with E-state index in [1.807, 2.05) is 13.8 Å². The minimum Gasteiger partial charge on any atom is -0.393 e. The number of nitrogens with two attached hydrogens (primary N) is 1. The van der Waals surface area contributed by atoms with Crippen molar-refractivity contribution in [2.75, 3.05) is 13.6 Å². The van der Waals surface area contributed by atoms with Gasteiger partial charge in [0.05, 0.1) is 12.1 Å². The third-order valence-corrected chi connectivity index (χ3v) is 2.26. The maximum Gasteiger partial charge on any atom is 0.239 e. The SMILES string of the molecule is CC(O)CCN(C)C(=O)[C@@H](N)C(C)C.Cl. The van der Waals surface area contributed by atoms with E-state index in [2.05, 4.69) is 0 Å². The van der Waals surface area contributed by atoms with Crippen LogP contribution in [0.4, 0.5) is 0 Å². The molecule has 0 saturated heterocycles. The average Bonchev–Trinajstić information content (AvgIpc) is 2.11. The van der Waals surface area contributed by atoms with Crippen molar-refractivity contribution in [2.24, 2.45) is 11.7 Å². The Morgan fingerprint density at radius 1 is 1.40 bits per heavy atom. The highest BCUT2D eigenvalue weighted by Crippen LogP contribution is 2.03. The molecular formula is C10H23ClN2O2. The van der Waals surface area contributed by atoms with E-state index >= 15 is 0 Å². The van der Waals surface area contributed by atoms with Crippen LogP contribution >= 0.6 is 12.4 Å². The van der Waals surface area contributed by atoms with Crippen molar-refractivity contribution in [1.29, 1.82) is 0 Å². The summed E-state index contributed by atoms with van der Waals surface area (Å²) in [5.41, 5.74) is 5.71. The molecule has 0 saturated carbocycles. The van der Waals surface area contributed by atoms with Crippen LogP contribution in [0.25, 0.3) is 0 Å². The number of aliphatic hydroxyl groups is 1. The summed E-state index contributed by atoms with van der Waals surface area (Å²) in [6, 6.07) is -0.436. The Hall–Kier alpha value is -0.320. The predicted octanol–water partition coefficient (Wildman–Crippen LogP) is 0.621. The van der Waals surface area contributed by atoms with E-state index in [-0.39, 0.29) is 30.3 Å². The van der Waals surface area contributed by atoms with Crippen LogP contribution in [0, 0.1) is 5.92 Å². The molecule has 0 heterocycles. The van der Waals surface area contributed by atoms with Crippen molar-refractivity contribution in [3.63, 3.8) is 0 Å². The van der Waals surface area contributed by atoms with Gasteiger partial charge in [0.1, 0.15) is 0 Å². The summed E-state index contributed by atoms with van der Waals surface area (Å²) in [6.07, 6.45) is 0.216. The molecule has 0 spiro atoms. The first-order valence-corrected chi connectivity index (χ1v) is 5.05. The summed E-state index contributed by atoms with van der Waals surface area (Å²) in [6.45, 7) is 6.10. The second kappa shape index (κ2) is 7.91. The number of likely N-dealkylation sites (N-methyl/N-ethyl adjacent to an activating group) is 1. The van der Waals surface area contributed by atoms with Crippen LogP contribution in [0.5, 0.6) is 0 Å². The number of amides is 1. The molecular weight excluding hydrogens is 216 g/mol. The Labute approximate surface area is 98.2 Å². The third kappa shape index (κ3) is 6.71. The number of halogens is 1. The fourth-order valence-electron chi connectivity index (χ4n) is 1.03. The van der Waals surface area contributed by atoms with Crippen molar-refractivity contribution < 1.29 is 9.90 Å². The van der Waals surface area contributed by atoms with Gasteiger partial charge in [-0.3, -0.25) is 4.79 Å². The molecule has 0 rings (SSSR count). The highest BCUT2D eigenvalue weighted by molar-refractivity contribution is 5.85. The van der Waals surface area contributed by atoms with Crippen molar-refractivity contribution in [3.8, 4) is 0 Å². The number of carbonyl (C=O) groups is 1. The molecule has 1 unspecified atom stereocenters. The van der Waals surface area contributed by atoms with Gasteiger partial charge in [-0.15, -0.1) is 12.4 Å². The average molecular weight is 239 g/mol. The zero-order chi connectivity index (χ0) is 11.3. The number of nitrogens with zero attached hydrogens (tertiary/aromatic N) is 1. The van der Waals surface area contributed by atoms with E-state index < -0.39 is 6.04 Å². The highest BCUT2D eigenvalue weighted by atomic mass is 35.5. The molecule has 0 fully saturated rings. The minimum absolute atomic E-state index is 0. The third-order valence-electron chi connectivity index (χ3n) is 2.26. The molecule has 0 bridgehead atoms. The maximum absolute atomic E-state index is 11.6. The molecule has 0 radical (unpaired) electrons. The maximum atomic E-state index is 11.6. The molecule has 15 heavy (non-hydrogen) atoms. The Balaban J connectivity index is 0. The smallest absolute Gasteiger partial charge is 0.239 e. The molecule has 0 aliphatic rings. The standard InChI is InChI=1S/C10H22N2O2.ClH/c1-7(2)9(11)10(14)12(4)6-5-8(3)13;/h7-9,13H,5-6,11H2,1-4H3;1H/t8?,9-;/m0./s1. The van der Waals surface area contributed by atoms with Crippen LogP contribution in [0.1, 0.15) is 27.2 Å². The largest absolute Gasteiger partial charge is 0.393 e. The van der Waals surface area contributed by atoms with E-state index in [1.165, 1.54) is 0 Å². The summed E-state index contributed by atoms with van der Waals surface area (Å²) in [7, 11) is 1.72. The monoisotopic (exact) mass is 238 g/mol. The normalized spacial score (nSPS) is 14.3. The highest BCUT2D eigenvalue weighted by Gasteiger charge is 2.20. The Morgan fingerprint density at radius 2 is 1.87 bits per heavy atom. The first kappa shape index (κ1) is 17.1. The van der Waals surface area contributed by atoms with Crippen molar-refractivity contribution in [3.05, 3.63) is 0 Å². The first-order chi connectivity index (χ1) is 6.36. The summed E-state index contributed by atoms with van der Waals surface area (Å²) in [5.74, 6) is 0.0946. The first-order valence-electron chi connectivity index (χ1n) is 5.05. The van der Waals surface area contributed by atoms with Crippen molar-refractivity contribution >= 4 is 18.3 Å². The van der Waals surface area contributed by atoms with Gasteiger partial charge in [-0.05, 0) is 19.3 Å². The lowest BCUT2D eigenvalue weighted by atomic mass is 10.0. The van der Waals surface area contributed by atoms with E-state index in [9.17, 15) is 4.79 Å². The van der Waals surface area contributed by atoms with Crippen LogP contribution in [-0.2, 0) is 4.79 Å². The quantitative estimate of drug-likeness (QED) is 0.738. The number of carbonyl (C=O) groups excluding carboxylic acids is 1. The van der Waals surface area contributed by atoms with Gasteiger partial charge in [0.25, 0.3) is 0 Å². The molecule has 1 amide bonds. The van der Waals surface area contributed by atoms with Crippen LogP contribution in [0.15, 0.2) is 0 Å². The van der Waals surface area contributed by atoms with E-state index in [4.69, 9.17) is 10.8 Å². The van der Waals surface area contributed by atoms with Gasteiger partial charge in [-0.1, -0.05) is 13.8 Å². The number of rotatable bonds is 5. The molecule has 0 aromatic rings. The van der Waals surface area contributed by atoms with Gasteiger partial charge >= 0.3 is 0 Å². The van der Waals surface area contributed by atoms with Crippen molar-refractivity contribution in [1.82, 2.24) is 4.90 Å². The van der Waals surface area contributed by atoms with Crippen LogP contribution in [0.3, 0.4) is 0 Å². The van der Waals surface area contributed by atoms with Crippen LogP contribution in [-0.4, -0.2) is 41.7 Å². The number of aliphatic hydroxyl groups excluding tert-OH is 1. The summed E-state index contributed by atoms with van der Waals surface area (Å²) in [5, 5.41) is 9.06. The lowest BCUT2D eigenvalue weighted by molar-refractivity contribution is -0.132. The topological polar surface area (TPSA) is 66.6 Å². The second-order valence-corrected chi connectivity index (χ2v) is 4.17.